The zero-order valence-corrected chi connectivity index (χ0v) is 16.9. The summed E-state index contributed by atoms with van der Waals surface area (Å²) in [7, 11) is 1.89. The van der Waals surface area contributed by atoms with Crippen molar-refractivity contribution in [2.45, 2.75) is 70.4 Å². The van der Waals surface area contributed by atoms with Crippen molar-refractivity contribution in [2.24, 2.45) is 5.73 Å². The Morgan fingerprint density at radius 3 is 2.31 bits per heavy atom. The predicted molar refractivity (Wildman–Crippen MR) is 109 cm³/mol. The molecule has 5 nitrogen and oxygen atoms in total. The van der Waals surface area contributed by atoms with Gasteiger partial charge in [-0.15, -0.1) is 12.4 Å². The summed E-state index contributed by atoms with van der Waals surface area (Å²) in [6.07, 6.45) is 7.31. The van der Waals surface area contributed by atoms with Crippen molar-refractivity contribution in [2.75, 3.05) is 12.4 Å². The van der Waals surface area contributed by atoms with Gasteiger partial charge in [0.25, 0.3) is 5.91 Å². The van der Waals surface area contributed by atoms with Gasteiger partial charge in [-0.3, -0.25) is 9.59 Å². The highest BCUT2D eigenvalue weighted by molar-refractivity contribution is 5.98. The molecule has 0 saturated heterocycles. The number of hydrogen-bond acceptors (Lipinski definition) is 3. The maximum atomic E-state index is 12.6. The minimum atomic E-state index is -0.884. The number of carbonyl (C=O) groups excluding carboxylic acids is 2. The third-order valence-corrected chi connectivity index (χ3v) is 5.12. The summed E-state index contributed by atoms with van der Waals surface area (Å²) < 4.78 is 0. The molecular formula is C20H32ClN3O2. The Morgan fingerprint density at radius 1 is 1.19 bits per heavy atom. The summed E-state index contributed by atoms with van der Waals surface area (Å²) >= 11 is 0. The first-order chi connectivity index (χ1) is 11.8. The van der Waals surface area contributed by atoms with Crippen LogP contribution in [-0.4, -0.2) is 35.3 Å². The van der Waals surface area contributed by atoms with E-state index in [9.17, 15) is 9.59 Å². The first-order valence-corrected chi connectivity index (χ1v) is 9.32. The Kier molecular flexibility index (Phi) is 8.57. The van der Waals surface area contributed by atoms with E-state index in [-0.39, 0.29) is 24.2 Å². The molecule has 2 rings (SSSR count). The van der Waals surface area contributed by atoms with Gasteiger partial charge in [-0.05, 0) is 50.5 Å². The molecule has 1 aromatic rings. The van der Waals surface area contributed by atoms with Gasteiger partial charge in [0.15, 0.2) is 0 Å². The van der Waals surface area contributed by atoms with E-state index < -0.39 is 5.54 Å². The Labute approximate surface area is 163 Å². The number of benzene rings is 1. The molecule has 1 aliphatic rings. The van der Waals surface area contributed by atoms with E-state index in [1.54, 1.807) is 31.2 Å². The monoisotopic (exact) mass is 381 g/mol. The zero-order chi connectivity index (χ0) is 18.4. The molecule has 0 radical (unpaired) electrons. The van der Waals surface area contributed by atoms with Crippen molar-refractivity contribution in [1.82, 2.24) is 4.90 Å². The molecule has 1 atom stereocenters. The van der Waals surface area contributed by atoms with Crippen LogP contribution < -0.4 is 11.1 Å². The molecule has 26 heavy (non-hydrogen) atoms. The molecule has 6 heteroatoms. The number of carbonyl (C=O) groups is 2. The quantitative estimate of drug-likeness (QED) is 0.782. The Hall–Kier alpha value is -1.59. The van der Waals surface area contributed by atoms with Crippen molar-refractivity contribution < 1.29 is 9.59 Å². The standard InChI is InChI=1S/C20H31N3O2.ClH/c1-4-14-20(2,21)19(25)22-16-12-10-15(11-13-16)18(24)23(3)17-8-6-5-7-9-17;/h10-13,17H,4-9,14,21H2,1-3H3,(H,22,25);1H. The van der Waals surface area contributed by atoms with Crippen molar-refractivity contribution in [3.8, 4) is 0 Å². The smallest absolute Gasteiger partial charge is 0.253 e. The van der Waals surface area contributed by atoms with E-state index >= 15 is 0 Å². The minimum Gasteiger partial charge on any atom is -0.339 e. The molecule has 1 fully saturated rings. The van der Waals surface area contributed by atoms with E-state index in [0.717, 1.165) is 19.3 Å². The summed E-state index contributed by atoms with van der Waals surface area (Å²) in [6, 6.07) is 7.41. The second kappa shape index (κ2) is 9.93. The molecule has 1 saturated carbocycles. The second-order valence-corrected chi connectivity index (χ2v) is 7.41. The van der Waals surface area contributed by atoms with Gasteiger partial charge in [0.05, 0.1) is 5.54 Å². The van der Waals surface area contributed by atoms with Gasteiger partial charge in [-0.1, -0.05) is 32.6 Å². The average molecular weight is 382 g/mol. The molecule has 1 aliphatic carbocycles. The molecule has 0 spiro atoms. The van der Waals surface area contributed by atoms with Gasteiger partial charge in [-0.25, -0.2) is 0 Å². The van der Waals surface area contributed by atoms with E-state index in [2.05, 4.69) is 5.32 Å². The molecule has 0 aliphatic heterocycles. The fourth-order valence-electron chi connectivity index (χ4n) is 3.44. The molecule has 146 valence electrons. The molecular weight excluding hydrogens is 350 g/mol. The van der Waals surface area contributed by atoms with Crippen molar-refractivity contribution in [1.29, 1.82) is 0 Å². The summed E-state index contributed by atoms with van der Waals surface area (Å²) in [5.74, 6) is -0.160. The fourth-order valence-corrected chi connectivity index (χ4v) is 3.44. The lowest BCUT2D eigenvalue weighted by Gasteiger charge is -2.31. The molecule has 0 bridgehead atoms. The minimum absolute atomic E-state index is 0. The summed E-state index contributed by atoms with van der Waals surface area (Å²) in [5.41, 5.74) is 6.47. The van der Waals surface area contributed by atoms with Crippen LogP contribution in [0.4, 0.5) is 5.69 Å². The van der Waals surface area contributed by atoms with Crippen molar-refractivity contribution in [3.63, 3.8) is 0 Å². The first kappa shape index (κ1) is 22.5. The van der Waals surface area contributed by atoms with Gasteiger partial charge >= 0.3 is 0 Å². The number of nitrogens with two attached hydrogens (primary N) is 1. The van der Waals surface area contributed by atoms with Crippen molar-refractivity contribution in [3.05, 3.63) is 29.8 Å². The molecule has 0 heterocycles. The van der Waals surface area contributed by atoms with E-state index in [1.807, 2.05) is 18.9 Å². The van der Waals surface area contributed by atoms with E-state index in [4.69, 9.17) is 5.73 Å². The normalized spacial score (nSPS) is 16.9. The van der Waals surface area contributed by atoms with E-state index in [1.165, 1.54) is 19.3 Å². The van der Waals surface area contributed by atoms with Crippen molar-refractivity contribution >= 4 is 29.9 Å². The lowest BCUT2D eigenvalue weighted by atomic mass is 9.94. The van der Waals surface area contributed by atoms with Crippen LogP contribution in [0.5, 0.6) is 0 Å². The van der Waals surface area contributed by atoms with Crippen LogP contribution in [0, 0.1) is 0 Å². The molecule has 2 amide bonds. The van der Waals surface area contributed by atoms with Gasteiger partial charge < -0.3 is 16.0 Å². The number of anilines is 1. The molecule has 0 aromatic heterocycles. The van der Waals surface area contributed by atoms with Gasteiger partial charge in [0.2, 0.25) is 5.91 Å². The summed E-state index contributed by atoms with van der Waals surface area (Å²) in [4.78, 5) is 26.8. The third-order valence-electron chi connectivity index (χ3n) is 5.12. The largest absolute Gasteiger partial charge is 0.339 e. The number of nitrogens with zero attached hydrogens (tertiary/aromatic N) is 1. The van der Waals surface area contributed by atoms with Crippen LogP contribution in [-0.2, 0) is 4.79 Å². The fraction of sp³-hybridized carbons (Fsp3) is 0.600. The Balaban J connectivity index is 0.00000338. The number of rotatable bonds is 6. The second-order valence-electron chi connectivity index (χ2n) is 7.41. The SMILES string of the molecule is CCCC(C)(N)C(=O)Nc1ccc(C(=O)N(C)C2CCCCC2)cc1.Cl. The third kappa shape index (κ3) is 5.71. The highest BCUT2D eigenvalue weighted by Crippen LogP contribution is 2.23. The lowest BCUT2D eigenvalue weighted by molar-refractivity contribution is -0.120. The van der Waals surface area contributed by atoms with Crippen LogP contribution >= 0.6 is 12.4 Å². The molecule has 3 N–H and O–H groups in total. The molecule has 1 unspecified atom stereocenters. The van der Waals surface area contributed by atoms with Gasteiger partial charge in [-0.2, -0.15) is 0 Å². The maximum Gasteiger partial charge on any atom is 0.253 e. The number of amides is 2. The average Bonchev–Trinajstić information content (AvgIpc) is 2.62. The Bertz CT molecular complexity index is 596. The topological polar surface area (TPSA) is 75.4 Å². The number of nitrogens with one attached hydrogen (secondary N) is 1. The van der Waals surface area contributed by atoms with Crippen LogP contribution in [0.25, 0.3) is 0 Å². The van der Waals surface area contributed by atoms with Crippen LogP contribution in [0.3, 0.4) is 0 Å². The lowest BCUT2D eigenvalue weighted by Crippen LogP contribution is -2.48. The predicted octanol–water partition coefficient (Wildman–Crippen LogP) is 3.97. The number of halogens is 1. The molecule has 1 aromatic carbocycles. The zero-order valence-electron chi connectivity index (χ0n) is 16.1. The summed E-state index contributed by atoms with van der Waals surface area (Å²) in [6.45, 7) is 3.74. The van der Waals surface area contributed by atoms with E-state index in [0.29, 0.717) is 23.7 Å². The van der Waals surface area contributed by atoms with Gasteiger partial charge in [0, 0.05) is 24.3 Å². The van der Waals surface area contributed by atoms with Crippen LogP contribution in [0.2, 0.25) is 0 Å². The maximum absolute atomic E-state index is 12.6. The highest BCUT2D eigenvalue weighted by Gasteiger charge is 2.27. The number of hydrogen-bond donors (Lipinski definition) is 2. The summed E-state index contributed by atoms with van der Waals surface area (Å²) in [5, 5.41) is 2.84. The van der Waals surface area contributed by atoms with Crippen LogP contribution in [0.1, 0.15) is 69.2 Å². The van der Waals surface area contributed by atoms with Gasteiger partial charge in [0.1, 0.15) is 0 Å². The highest BCUT2D eigenvalue weighted by atomic mass is 35.5. The Morgan fingerprint density at radius 2 is 1.77 bits per heavy atom. The first-order valence-electron chi connectivity index (χ1n) is 9.32. The van der Waals surface area contributed by atoms with Crippen LogP contribution in [0.15, 0.2) is 24.3 Å².